The van der Waals surface area contributed by atoms with Gasteiger partial charge >= 0.3 is 5.97 Å². The third-order valence-corrected chi connectivity index (χ3v) is 4.06. The van der Waals surface area contributed by atoms with E-state index >= 15 is 0 Å². The van der Waals surface area contributed by atoms with Gasteiger partial charge in [0.25, 0.3) is 0 Å². The van der Waals surface area contributed by atoms with Crippen molar-refractivity contribution in [1.82, 2.24) is 10.3 Å². The fraction of sp³-hybridized carbons (Fsp3) is 0.444. The summed E-state index contributed by atoms with van der Waals surface area (Å²) in [6, 6.07) is 6.03. The van der Waals surface area contributed by atoms with Crippen LogP contribution in [0.25, 0.3) is 10.9 Å². The van der Waals surface area contributed by atoms with E-state index in [1.807, 2.05) is 18.3 Å². The smallest absolute Gasteiger partial charge is 0.305 e. The van der Waals surface area contributed by atoms with E-state index in [1.165, 1.54) is 12.7 Å². The standard InChI is InChI=1S/C18H24N2O4/c1-4-12-6-5-7-14-13(10-19-17(12)14)8-15(21)20-18(2,11-24-3)9-16(22)23/h5-7,10,19H,4,8-9,11H2,1-3H3,(H,20,21)(H,22,23). The van der Waals surface area contributed by atoms with Gasteiger partial charge in [-0.2, -0.15) is 0 Å². The van der Waals surface area contributed by atoms with E-state index in [2.05, 4.69) is 23.3 Å². The van der Waals surface area contributed by atoms with E-state index in [0.29, 0.717) is 0 Å². The van der Waals surface area contributed by atoms with Gasteiger partial charge in [0.15, 0.2) is 0 Å². The Balaban J connectivity index is 2.16. The molecule has 0 aliphatic rings. The summed E-state index contributed by atoms with van der Waals surface area (Å²) < 4.78 is 5.06. The highest BCUT2D eigenvalue weighted by Gasteiger charge is 2.29. The molecule has 1 unspecified atom stereocenters. The molecule has 0 aliphatic carbocycles. The normalized spacial score (nSPS) is 13.6. The lowest BCUT2D eigenvalue weighted by atomic mass is 9.98. The number of rotatable bonds is 8. The van der Waals surface area contributed by atoms with Crippen molar-refractivity contribution < 1.29 is 19.4 Å². The summed E-state index contributed by atoms with van der Waals surface area (Å²) in [7, 11) is 1.48. The van der Waals surface area contributed by atoms with E-state index in [-0.39, 0.29) is 25.4 Å². The average Bonchev–Trinajstić information content (AvgIpc) is 2.89. The van der Waals surface area contributed by atoms with Crippen molar-refractivity contribution in [2.45, 2.75) is 38.6 Å². The molecular weight excluding hydrogens is 308 g/mol. The third-order valence-electron chi connectivity index (χ3n) is 4.06. The first-order chi connectivity index (χ1) is 11.4. The first-order valence-electron chi connectivity index (χ1n) is 7.98. The first-order valence-corrected chi connectivity index (χ1v) is 7.98. The van der Waals surface area contributed by atoms with Crippen LogP contribution >= 0.6 is 0 Å². The van der Waals surface area contributed by atoms with Crippen molar-refractivity contribution in [2.24, 2.45) is 0 Å². The Bertz CT molecular complexity index is 738. The minimum absolute atomic E-state index is 0.138. The van der Waals surface area contributed by atoms with Gasteiger partial charge in [0.05, 0.1) is 25.0 Å². The Morgan fingerprint density at radius 1 is 1.33 bits per heavy atom. The van der Waals surface area contributed by atoms with Crippen LogP contribution < -0.4 is 5.32 Å². The number of carbonyl (C=O) groups excluding carboxylic acids is 1. The van der Waals surface area contributed by atoms with Crippen molar-refractivity contribution in [3.63, 3.8) is 0 Å². The molecule has 0 radical (unpaired) electrons. The van der Waals surface area contributed by atoms with Crippen LogP contribution in [-0.4, -0.2) is 41.2 Å². The Morgan fingerprint density at radius 3 is 2.71 bits per heavy atom. The van der Waals surface area contributed by atoms with Gasteiger partial charge in [0.2, 0.25) is 5.91 Å². The van der Waals surface area contributed by atoms with E-state index in [1.54, 1.807) is 6.92 Å². The summed E-state index contributed by atoms with van der Waals surface area (Å²) in [6.07, 6.45) is 2.74. The zero-order chi connectivity index (χ0) is 17.7. The Kier molecular flexibility index (Phi) is 5.62. The molecule has 0 bridgehead atoms. The topological polar surface area (TPSA) is 91.4 Å². The third kappa shape index (κ3) is 4.14. The van der Waals surface area contributed by atoms with Gasteiger partial charge in [-0.25, -0.2) is 0 Å². The number of carboxylic acids is 1. The van der Waals surface area contributed by atoms with Gasteiger partial charge in [-0.3, -0.25) is 9.59 Å². The molecule has 0 fully saturated rings. The number of nitrogens with one attached hydrogen (secondary N) is 2. The molecule has 24 heavy (non-hydrogen) atoms. The summed E-state index contributed by atoms with van der Waals surface area (Å²) in [5.74, 6) is -1.20. The summed E-state index contributed by atoms with van der Waals surface area (Å²) in [5, 5.41) is 12.9. The lowest BCUT2D eigenvalue weighted by Crippen LogP contribution is -2.51. The maximum absolute atomic E-state index is 12.4. The summed E-state index contributed by atoms with van der Waals surface area (Å²) in [6.45, 7) is 3.90. The molecule has 130 valence electrons. The number of carbonyl (C=O) groups is 2. The number of aryl methyl sites for hydroxylation is 1. The van der Waals surface area contributed by atoms with Crippen LogP contribution in [0.3, 0.4) is 0 Å². The summed E-state index contributed by atoms with van der Waals surface area (Å²) in [5.41, 5.74) is 2.22. The van der Waals surface area contributed by atoms with Crippen LogP contribution in [0.5, 0.6) is 0 Å². The number of carboxylic acid groups (broad SMARTS) is 1. The molecule has 0 saturated heterocycles. The van der Waals surface area contributed by atoms with E-state index in [9.17, 15) is 9.59 Å². The average molecular weight is 332 g/mol. The molecule has 0 spiro atoms. The van der Waals surface area contributed by atoms with Crippen LogP contribution in [-0.2, 0) is 27.2 Å². The molecule has 1 heterocycles. The monoisotopic (exact) mass is 332 g/mol. The van der Waals surface area contributed by atoms with Crippen molar-refractivity contribution >= 4 is 22.8 Å². The Morgan fingerprint density at radius 2 is 2.08 bits per heavy atom. The number of ether oxygens (including phenoxy) is 1. The van der Waals surface area contributed by atoms with Gasteiger partial charge in [-0.15, -0.1) is 0 Å². The fourth-order valence-electron chi connectivity index (χ4n) is 3.05. The van der Waals surface area contributed by atoms with Crippen molar-refractivity contribution in [3.8, 4) is 0 Å². The van der Waals surface area contributed by atoms with Crippen molar-refractivity contribution in [2.75, 3.05) is 13.7 Å². The maximum Gasteiger partial charge on any atom is 0.305 e. The molecule has 1 aromatic carbocycles. The molecule has 2 aromatic rings. The fourth-order valence-corrected chi connectivity index (χ4v) is 3.05. The zero-order valence-corrected chi connectivity index (χ0v) is 14.3. The number of H-pyrrole nitrogens is 1. The van der Waals surface area contributed by atoms with Gasteiger partial charge in [0, 0.05) is 24.2 Å². The predicted octanol–water partition coefficient (Wildman–Crippen LogP) is 2.27. The SMILES string of the molecule is CCc1cccc2c(CC(=O)NC(C)(COC)CC(=O)O)c[nH]c12. The minimum Gasteiger partial charge on any atom is -0.481 e. The molecule has 1 amide bonds. The second-order valence-electron chi connectivity index (χ2n) is 6.30. The second-order valence-corrected chi connectivity index (χ2v) is 6.30. The lowest BCUT2D eigenvalue weighted by molar-refractivity contribution is -0.139. The van der Waals surface area contributed by atoms with Gasteiger partial charge in [-0.1, -0.05) is 25.1 Å². The van der Waals surface area contributed by atoms with Crippen LogP contribution in [0.4, 0.5) is 0 Å². The van der Waals surface area contributed by atoms with Crippen molar-refractivity contribution in [3.05, 3.63) is 35.5 Å². The van der Waals surface area contributed by atoms with Crippen LogP contribution in [0.15, 0.2) is 24.4 Å². The number of methoxy groups -OCH3 is 1. The Labute approximate surface area is 141 Å². The van der Waals surface area contributed by atoms with Crippen LogP contribution in [0.2, 0.25) is 0 Å². The highest BCUT2D eigenvalue weighted by atomic mass is 16.5. The number of hydrogen-bond donors (Lipinski definition) is 3. The number of benzene rings is 1. The number of para-hydroxylation sites is 1. The molecule has 0 aliphatic heterocycles. The highest BCUT2D eigenvalue weighted by Crippen LogP contribution is 2.23. The number of fused-ring (bicyclic) bond motifs is 1. The number of amides is 1. The number of aromatic amines is 1. The molecule has 6 heteroatoms. The minimum atomic E-state index is -0.977. The van der Waals surface area contributed by atoms with Crippen LogP contribution in [0, 0.1) is 0 Å². The molecule has 3 N–H and O–H groups in total. The zero-order valence-electron chi connectivity index (χ0n) is 14.3. The maximum atomic E-state index is 12.4. The predicted molar refractivity (Wildman–Crippen MR) is 92.1 cm³/mol. The Hall–Kier alpha value is -2.34. The lowest BCUT2D eigenvalue weighted by Gasteiger charge is -2.28. The van der Waals surface area contributed by atoms with Gasteiger partial charge < -0.3 is 20.1 Å². The largest absolute Gasteiger partial charge is 0.481 e. The molecule has 1 atom stereocenters. The first kappa shape index (κ1) is 18.0. The van der Waals surface area contributed by atoms with Crippen LogP contribution in [0.1, 0.15) is 31.4 Å². The number of hydrogen-bond acceptors (Lipinski definition) is 3. The van der Waals surface area contributed by atoms with Gasteiger partial charge in [0.1, 0.15) is 0 Å². The second kappa shape index (κ2) is 7.49. The number of aromatic nitrogens is 1. The molecule has 0 saturated carbocycles. The summed E-state index contributed by atoms with van der Waals surface area (Å²) >= 11 is 0. The van der Waals surface area contributed by atoms with Gasteiger partial charge in [-0.05, 0) is 24.5 Å². The molecule has 6 nitrogen and oxygen atoms in total. The van der Waals surface area contributed by atoms with E-state index in [4.69, 9.17) is 9.84 Å². The quantitative estimate of drug-likeness (QED) is 0.691. The number of aliphatic carboxylic acids is 1. The van der Waals surface area contributed by atoms with Crippen molar-refractivity contribution in [1.29, 1.82) is 0 Å². The summed E-state index contributed by atoms with van der Waals surface area (Å²) in [4.78, 5) is 26.7. The molecular formula is C18H24N2O4. The van der Waals surface area contributed by atoms with E-state index in [0.717, 1.165) is 22.9 Å². The highest BCUT2D eigenvalue weighted by molar-refractivity contribution is 5.91. The van der Waals surface area contributed by atoms with E-state index < -0.39 is 11.5 Å². The molecule has 1 aromatic heterocycles. The molecule has 2 rings (SSSR count).